The number of aliphatic hydroxyl groups is 1. The number of thioether (sulfide) groups is 1. The zero-order chi connectivity index (χ0) is 29.0. The van der Waals surface area contributed by atoms with E-state index in [1.165, 1.54) is 0 Å². The van der Waals surface area contributed by atoms with Crippen LogP contribution in [0, 0.1) is 17.3 Å². The lowest BCUT2D eigenvalue weighted by atomic mass is 9.77. The Kier molecular flexibility index (Phi) is 7.49. The quantitative estimate of drug-likeness (QED) is 0.534. The monoisotopic (exact) mass is 565 g/mol. The van der Waals surface area contributed by atoms with Gasteiger partial charge in [-0.25, -0.2) is 0 Å². The van der Waals surface area contributed by atoms with Gasteiger partial charge in [-0.2, -0.15) is 0 Å². The molecule has 0 saturated carbocycles. The molecule has 4 aliphatic heterocycles. The third kappa shape index (κ3) is 4.81. The van der Waals surface area contributed by atoms with Gasteiger partial charge >= 0.3 is 0 Å². The van der Waals surface area contributed by atoms with E-state index in [1.807, 2.05) is 47.4 Å². The predicted molar refractivity (Wildman–Crippen MR) is 159 cm³/mol. The van der Waals surface area contributed by atoms with Gasteiger partial charge in [0, 0.05) is 30.9 Å². The van der Waals surface area contributed by atoms with Crippen molar-refractivity contribution in [1.82, 2.24) is 14.7 Å². The van der Waals surface area contributed by atoms with Crippen molar-refractivity contribution in [1.29, 1.82) is 0 Å². The number of carbonyl (C=O) groups excluding carboxylic acids is 3. The van der Waals surface area contributed by atoms with Gasteiger partial charge in [0.05, 0.1) is 29.2 Å². The number of amides is 3. The fraction of sp³-hybridized carbons (Fsp3) is 0.594. The molecule has 1 N–H and O–H groups in total. The summed E-state index contributed by atoms with van der Waals surface area (Å²) < 4.78 is -0.891. The third-order valence-corrected chi connectivity index (χ3v) is 10.7. The first-order chi connectivity index (χ1) is 18.8. The van der Waals surface area contributed by atoms with Crippen LogP contribution in [0.1, 0.15) is 46.6 Å². The van der Waals surface area contributed by atoms with Crippen molar-refractivity contribution in [2.75, 3.05) is 26.7 Å². The first kappa shape index (κ1) is 28.9. The molecular weight excluding hydrogens is 522 g/mol. The van der Waals surface area contributed by atoms with Crippen LogP contribution in [-0.4, -0.2) is 91.9 Å². The van der Waals surface area contributed by atoms with Crippen LogP contribution in [0.25, 0.3) is 0 Å². The summed E-state index contributed by atoms with van der Waals surface area (Å²) in [5.41, 5.74) is 0.513. The Balaban J connectivity index is 1.63. The smallest absolute Gasteiger partial charge is 0.247 e. The second-order valence-electron chi connectivity index (χ2n) is 13.7. The van der Waals surface area contributed by atoms with E-state index in [1.54, 1.807) is 28.6 Å². The van der Waals surface area contributed by atoms with E-state index in [4.69, 9.17) is 0 Å². The van der Waals surface area contributed by atoms with E-state index in [-0.39, 0.29) is 35.0 Å². The highest BCUT2D eigenvalue weighted by molar-refractivity contribution is 8.02. The first-order valence-electron chi connectivity index (χ1n) is 14.4. The van der Waals surface area contributed by atoms with Crippen molar-refractivity contribution in [3.8, 4) is 0 Å². The zero-order valence-corrected chi connectivity index (χ0v) is 25.4. The fourth-order valence-corrected chi connectivity index (χ4v) is 9.66. The number of nitrogens with zero attached hydrogens (tertiary/aromatic N) is 3. The number of likely N-dealkylation sites (tertiary alicyclic amines) is 1. The minimum atomic E-state index is -0.891. The van der Waals surface area contributed by atoms with Gasteiger partial charge in [-0.1, -0.05) is 75.4 Å². The van der Waals surface area contributed by atoms with Crippen molar-refractivity contribution in [2.24, 2.45) is 17.3 Å². The molecule has 5 rings (SSSR count). The van der Waals surface area contributed by atoms with E-state index >= 15 is 0 Å². The molecule has 4 heterocycles. The summed E-state index contributed by atoms with van der Waals surface area (Å²) in [6.07, 6.45) is 9.36. The van der Waals surface area contributed by atoms with Gasteiger partial charge in [0.25, 0.3) is 0 Å². The van der Waals surface area contributed by atoms with Gasteiger partial charge in [0.2, 0.25) is 17.7 Å². The average molecular weight is 566 g/mol. The summed E-state index contributed by atoms with van der Waals surface area (Å²) in [4.78, 5) is 48.4. The Morgan fingerprint density at radius 2 is 1.70 bits per heavy atom. The normalized spacial score (nSPS) is 31.2. The standard InChI is InChI=1S/C32H43N3O4S/c1-30(2,3)20-31(4,5)34-17-11-15-32-25(24-23(40-32)14-10-16-33(6)27(24)37)28(38)35(26(32)29(34)39)22(19-36)18-21-12-8-7-9-13-21/h7-15,22-26,36H,16-20H2,1-6H3/t22-,23+,24-,25+,26?,32+/m1/s1. The molecule has 0 radical (unpaired) electrons. The Bertz CT molecular complexity index is 1220. The Labute approximate surface area is 242 Å². The molecule has 0 bridgehead atoms. The minimum absolute atomic E-state index is 0.0107. The molecular formula is C32H43N3O4S. The van der Waals surface area contributed by atoms with Gasteiger partial charge in [-0.05, 0) is 37.7 Å². The van der Waals surface area contributed by atoms with Crippen molar-refractivity contribution in [3.63, 3.8) is 0 Å². The van der Waals surface area contributed by atoms with E-state index < -0.39 is 34.2 Å². The van der Waals surface area contributed by atoms with Crippen molar-refractivity contribution in [3.05, 3.63) is 60.2 Å². The van der Waals surface area contributed by atoms with E-state index in [0.29, 0.717) is 19.5 Å². The van der Waals surface area contributed by atoms with Crippen LogP contribution in [0.4, 0.5) is 0 Å². The lowest BCUT2D eigenvalue weighted by molar-refractivity contribution is -0.149. The molecule has 2 saturated heterocycles. The summed E-state index contributed by atoms with van der Waals surface area (Å²) in [7, 11) is 1.77. The summed E-state index contributed by atoms with van der Waals surface area (Å²) in [5, 5.41) is 10.5. The molecule has 2 fully saturated rings. The maximum absolute atomic E-state index is 14.8. The topological polar surface area (TPSA) is 81.2 Å². The number of likely N-dealkylation sites (N-methyl/N-ethyl adjacent to an activating group) is 1. The molecule has 1 aromatic carbocycles. The van der Waals surface area contributed by atoms with Crippen molar-refractivity contribution >= 4 is 29.5 Å². The van der Waals surface area contributed by atoms with Crippen LogP contribution in [0.3, 0.4) is 0 Å². The first-order valence-corrected chi connectivity index (χ1v) is 15.2. The fourth-order valence-electron chi connectivity index (χ4n) is 7.67. The Morgan fingerprint density at radius 3 is 2.35 bits per heavy atom. The number of hydrogen-bond donors (Lipinski definition) is 1. The highest BCUT2D eigenvalue weighted by atomic mass is 32.2. The van der Waals surface area contributed by atoms with Crippen LogP contribution in [0.2, 0.25) is 0 Å². The average Bonchev–Trinajstić information content (AvgIpc) is 3.20. The van der Waals surface area contributed by atoms with Crippen molar-refractivity contribution in [2.45, 2.75) is 75.1 Å². The van der Waals surface area contributed by atoms with Crippen LogP contribution >= 0.6 is 11.8 Å². The van der Waals surface area contributed by atoms with Crippen LogP contribution < -0.4 is 0 Å². The number of aliphatic hydroxyl groups excluding tert-OH is 1. The minimum Gasteiger partial charge on any atom is -0.394 e. The van der Waals surface area contributed by atoms with Gasteiger partial charge in [-0.3, -0.25) is 14.4 Å². The molecule has 0 aromatic heterocycles. The molecule has 3 amide bonds. The molecule has 6 atom stereocenters. The maximum Gasteiger partial charge on any atom is 0.247 e. The SMILES string of the molecule is CN1CC=C[C@@H]2S[C@]34C=CCN(C(C)(C)CC(C)(C)C)C(=O)C3N([C@@H](CO)Cc3ccccc3)C(=O)[C@@H]4[C@@H]2C1=O. The summed E-state index contributed by atoms with van der Waals surface area (Å²) in [6, 6.07) is 8.37. The molecule has 40 heavy (non-hydrogen) atoms. The molecule has 7 nitrogen and oxygen atoms in total. The summed E-state index contributed by atoms with van der Waals surface area (Å²) >= 11 is 1.59. The highest BCUT2D eigenvalue weighted by Gasteiger charge is 2.72. The number of benzene rings is 1. The van der Waals surface area contributed by atoms with Crippen LogP contribution in [0.5, 0.6) is 0 Å². The van der Waals surface area contributed by atoms with Gasteiger partial charge in [0.1, 0.15) is 6.04 Å². The van der Waals surface area contributed by atoms with E-state index in [0.717, 1.165) is 12.0 Å². The lowest BCUT2D eigenvalue weighted by Gasteiger charge is -2.45. The molecule has 0 aliphatic carbocycles. The highest BCUT2D eigenvalue weighted by Crippen LogP contribution is 2.61. The molecule has 4 aliphatic rings. The number of carbonyl (C=O) groups is 3. The van der Waals surface area contributed by atoms with Gasteiger partial charge in [-0.15, -0.1) is 11.8 Å². The second-order valence-corrected chi connectivity index (χ2v) is 15.1. The maximum atomic E-state index is 14.8. The molecule has 1 unspecified atom stereocenters. The summed E-state index contributed by atoms with van der Waals surface area (Å²) in [5.74, 6) is -1.60. The van der Waals surface area contributed by atoms with Crippen molar-refractivity contribution < 1.29 is 19.5 Å². The van der Waals surface area contributed by atoms with Gasteiger partial charge in [0.15, 0.2) is 0 Å². The van der Waals surface area contributed by atoms with Gasteiger partial charge < -0.3 is 19.8 Å². The Morgan fingerprint density at radius 1 is 1.00 bits per heavy atom. The third-order valence-electron chi connectivity index (χ3n) is 8.91. The zero-order valence-electron chi connectivity index (χ0n) is 24.5. The second kappa shape index (κ2) is 10.4. The number of hydrogen-bond acceptors (Lipinski definition) is 5. The number of rotatable bonds is 6. The van der Waals surface area contributed by atoms with Crippen LogP contribution in [-0.2, 0) is 20.8 Å². The Hall–Kier alpha value is -2.58. The molecule has 216 valence electrons. The molecule has 1 aromatic rings. The summed E-state index contributed by atoms with van der Waals surface area (Å²) in [6.45, 7) is 11.4. The van der Waals surface area contributed by atoms with E-state index in [9.17, 15) is 19.5 Å². The molecule has 8 heteroatoms. The van der Waals surface area contributed by atoms with E-state index in [2.05, 4.69) is 46.8 Å². The molecule has 1 spiro atoms. The lowest BCUT2D eigenvalue weighted by Crippen LogP contribution is -2.60. The number of fused-ring (bicyclic) bond motifs is 2. The largest absolute Gasteiger partial charge is 0.394 e. The van der Waals surface area contributed by atoms with Crippen LogP contribution in [0.15, 0.2) is 54.6 Å². The predicted octanol–water partition coefficient (Wildman–Crippen LogP) is 3.53.